The summed E-state index contributed by atoms with van der Waals surface area (Å²) in [5.41, 5.74) is 3.76. The van der Waals surface area contributed by atoms with Gasteiger partial charge in [0, 0.05) is 19.3 Å². The maximum Gasteiger partial charge on any atom is 0.272 e. The standard InChI is InChI=1S/C15H22N4O/c16-18-13-5-7-17-14(9-13)15(20)19-8-6-11-3-1-2-4-12(11)10-19/h5,7,9,11-12H,1-4,6,8,10,16H2,(H,17,18). The number of carbonyl (C=O) groups excluding carboxylic acids is 1. The summed E-state index contributed by atoms with van der Waals surface area (Å²) in [7, 11) is 0. The molecule has 5 nitrogen and oxygen atoms in total. The molecule has 1 aromatic rings. The van der Waals surface area contributed by atoms with Gasteiger partial charge in [-0.15, -0.1) is 0 Å². The number of aromatic nitrogens is 1. The van der Waals surface area contributed by atoms with Crippen LogP contribution in [0.2, 0.25) is 0 Å². The second-order valence-electron chi connectivity index (χ2n) is 5.92. The third-order valence-electron chi connectivity index (χ3n) is 4.72. The van der Waals surface area contributed by atoms with Crippen molar-refractivity contribution >= 4 is 11.6 Å². The van der Waals surface area contributed by atoms with Crippen LogP contribution in [0.1, 0.15) is 42.6 Å². The topological polar surface area (TPSA) is 71.2 Å². The van der Waals surface area contributed by atoms with Gasteiger partial charge in [-0.1, -0.05) is 19.3 Å². The lowest BCUT2D eigenvalue weighted by molar-refractivity contribution is 0.0515. The Bertz CT molecular complexity index is 491. The number of hydrazine groups is 1. The van der Waals surface area contributed by atoms with Crippen LogP contribution in [-0.2, 0) is 0 Å². The average Bonchev–Trinajstić information content (AvgIpc) is 2.53. The van der Waals surface area contributed by atoms with Crippen LogP contribution in [-0.4, -0.2) is 28.9 Å². The summed E-state index contributed by atoms with van der Waals surface area (Å²) in [4.78, 5) is 18.7. The van der Waals surface area contributed by atoms with Crippen molar-refractivity contribution in [2.75, 3.05) is 18.5 Å². The van der Waals surface area contributed by atoms with Gasteiger partial charge in [0.05, 0.1) is 5.69 Å². The Kier molecular flexibility index (Phi) is 3.87. The van der Waals surface area contributed by atoms with Crippen molar-refractivity contribution in [3.05, 3.63) is 24.0 Å². The Hall–Kier alpha value is -1.62. The number of likely N-dealkylation sites (tertiary alicyclic amines) is 1. The van der Waals surface area contributed by atoms with E-state index in [-0.39, 0.29) is 5.91 Å². The number of hydrogen-bond acceptors (Lipinski definition) is 4. The number of fused-ring (bicyclic) bond motifs is 1. The summed E-state index contributed by atoms with van der Waals surface area (Å²) in [6, 6.07) is 3.47. The molecule has 1 aliphatic heterocycles. The van der Waals surface area contributed by atoms with Crippen LogP contribution in [0.3, 0.4) is 0 Å². The maximum atomic E-state index is 12.5. The van der Waals surface area contributed by atoms with E-state index in [4.69, 9.17) is 5.84 Å². The molecule has 1 saturated heterocycles. The Morgan fingerprint density at radius 2 is 2.10 bits per heavy atom. The molecule has 0 spiro atoms. The van der Waals surface area contributed by atoms with Crippen molar-refractivity contribution in [1.29, 1.82) is 0 Å². The predicted octanol–water partition coefficient (Wildman–Crippen LogP) is 2.02. The molecule has 0 bridgehead atoms. The quantitative estimate of drug-likeness (QED) is 0.639. The molecule has 108 valence electrons. The highest BCUT2D eigenvalue weighted by Gasteiger charge is 2.33. The van der Waals surface area contributed by atoms with E-state index in [1.54, 1.807) is 18.3 Å². The third kappa shape index (κ3) is 2.63. The van der Waals surface area contributed by atoms with E-state index in [9.17, 15) is 4.79 Å². The molecule has 2 fully saturated rings. The Balaban J connectivity index is 1.70. The van der Waals surface area contributed by atoms with Gasteiger partial charge in [-0.3, -0.25) is 15.6 Å². The smallest absolute Gasteiger partial charge is 0.272 e. The van der Waals surface area contributed by atoms with Crippen molar-refractivity contribution in [2.24, 2.45) is 17.7 Å². The van der Waals surface area contributed by atoms with E-state index < -0.39 is 0 Å². The van der Waals surface area contributed by atoms with Gasteiger partial charge in [0.1, 0.15) is 5.69 Å². The Morgan fingerprint density at radius 3 is 2.90 bits per heavy atom. The van der Waals surface area contributed by atoms with Crippen molar-refractivity contribution < 1.29 is 4.79 Å². The van der Waals surface area contributed by atoms with E-state index in [0.29, 0.717) is 11.6 Å². The maximum absolute atomic E-state index is 12.5. The molecule has 1 aliphatic carbocycles. The number of carbonyl (C=O) groups is 1. The molecular weight excluding hydrogens is 252 g/mol. The molecule has 5 heteroatoms. The molecule has 2 unspecified atom stereocenters. The number of nitrogens with zero attached hydrogens (tertiary/aromatic N) is 2. The minimum atomic E-state index is 0.0334. The molecule has 2 heterocycles. The zero-order valence-electron chi connectivity index (χ0n) is 11.7. The fourth-order valence-electron chi connectivity index (χ4n) is 3.58. The van der Waals surface area contributed by atoms with Gasteiger partial charge in [-0.2, -0.15) is 0 Å². The largest absolute Gasteiger partial charge is 0.337 e. The molecule has 0 radical (unpaired) electrons. The van der Waals surface area contributed by atoms with Crippen molar-refractivity contribution in [3.8, 4) is 0 Å². The average molecular weight is 274 g/mol. The number of nitrogens with two attached hydrogens (primary N) is 1. The second-order valence-corrected chi connectivity index (χ2v) is 5.92. The molecule has 2 aliphatic rings. The summed E-state index contributed by atoms with van der Waals surface area (Å²) >= 11 is 0. The molecular formula is C15H22N4O. The highest BCUT2D eigenvalue weighted by atomic mass is 16.2. The number of nitrogens with one attached hydrogen (secondary N) is 1. The van der Waals surface area contributed by atoms with Gasteiger partial charge in [0.15, 0.2) is 0 Å². The number of amides is 1. The first-order valence-electron chi connectivity index (χ1n) is 7.50. The van der Waals surface area contributed by atoms with E-state index in [1.165, 1.54) is 25.7 Å². The van der Waals surface area contributed by atoms with Gasteiger partial charge in [-0.05, 0) is 36.8 Å². The monoisotopic (exact) mass is 274 g/mol. The van der Waals surface area contributed by atoms with Crippen LogP contribution >= 0.6 is 0 Å². The fraction of sp³-hybridized carbons (Fsp3) is 0.600. The van der Waals surface area contributed by atoms with Crippen LogP contribution in [0.15, 0.2) is 18.3 Å². The van der Waals surface area contributed by atoms with Crippen molar-refractivity contribution in [2.45, 2.75) is 32.1 Å². The Labute approximate surface area is 119 Å². The SMILES string of the molecule is NNc1ccnc(C(=O)N2CCC3CCCCC3C2)c1. The first-order valence-corrected chi connectivity index (χ1v) is 7.50. The first kappa shape index (κ1) is 13.4. The molecule has 1 saturated carbocycles. The molecule has 3 N–H and O–H groups in total. The first-order chi connectivity index (χ1) is 9.78. The molecule has 20 heavy (non-hydrogen) atoms. The molecule has 1 amide bonds. The molecule has 0 aromatic carbocycles. The molecule has 2 atom stereocenters. The normalized spacial score (nSPS) is 25.9. The lowest BCUT2D eigenvalue weighted by Crippen LogP contribution is -2.45. The van der Waals surface area contributed by atoms with Gasteiger partial charge < -0.3 is 10.3 Å². The summed E-state index contributed by atoms with van der Waals surface area (Å²) in [5.74, 6) is 6.94. The number of piperidine rings is 1. The van der Waals surface area contributed by atoms with Crippen LogP contribution < -0.4 is 11.3 Å². The summed E-state index contributed by atoms with van der Waals surface area (Å²) in [5, 5.41) is 0. The van der Waals surface area contributed by atoms with E-state index in [2.05, 4.69) is 10.4 Å². The predicted molar refractivity (Wildman–Crippen MR) is 78.0 cm³/mol. The van der Waals surface area contributed by atoms with Gasteiger partial charge in [0.2, 0.25) is 0 Å². The van der Waals surface area contributed by atoms with Gasteiger partial charge in [-0.25, -0.2) is 0 Å². The number of pyridine rings is 1. The fourth-order valence-corrected chi connectivity index (χ4v) is 3.58. The number of nitrogen functional groups attached to an aromatic ring is 1. The highest BCUT2D eigenvalue weighted by Crippen LogP contribution is 2.36. The third-order valence-corrected chi connectivity index (χ3v) is 4.72. The molecule has 3 rings (SSSR count). The van der Waals surface area contributed by atoms with E-state index in [1.807, 2.05) is 4.90 Å². The highest BCUT2D eigenvalue weighted by molar-refractivity contribution is 5.93. The summed E-state index contributed by atoms with van der Waals surface area (Å²) in [6.07, 6.45) is 8.06. The van der Waals surface area contributed by atoms with Crippen molar-refractivity contribution in [3.63, 3.8) is 0 Å². The lowest BCUT2D eigenvalue weighted by Gasteiger charge is -2.41. The number of rotatable bonds is 2. The minimum absolute atomic E-state index is 0.0334. The van der Waals surface area contributed by atoms with Crippen LogP contribution in [0.5, 0.6) is 0 Å². The summed E-state index contributed by atoms with van der Waals surface area (Å²) < 4.78 is 0. The summed E-state index contributed by atoms with van der Waals surface area (Å²) in [6.45, 7) is 1.76. The zero-order valence-corrected chi connectivity index (χ0v) is 11.7. The number of anilines is 1. The zero-order chi connectivity index (χ0) is 13.9. The number of hydrogen-bond donors (Lipinski definition) is 2. The van der Waals surface area contributed by atoms with E-state index in [0.717, 1.165) is 31.1 Å². The van der Waals surface area contributed by atoms with Crippen LogP contribution in [0.4, 0.5) is 5.69 Å². The second kappa shape index (κ2) is 5.79. The van der Waals surface area contributed by atoms with Crippen molar-refractivity contribution in [1.82, 2.24) is 9.88 Å². The minimum Gasteiger partial charge on any atom is -0.337 e. The molecule has 1 aromatic heterocycles. The lowest BCUT2D eigenvalue weighted by atomic mass is 9.75. The van der Waals surface area contributed by atoms with Gasteiger partial charge in [0.25, 0.3) is 5.91 Å². The van der Waals surface area contributed by atoms with Gasteiger partial charge >= 0.3 is 0 Å². The van der Waals surface area contributed by atoms with Crippen LogP contribution in [0, 0.1) is 11.8 Å². The van der Waals surface area contributed by atoms with Crippen LogP contribution in [0.25, 0.3) is 0 Å². The Morgan fingerprint density at radius 1 is 1.30 bits per heavy atom. The van der Waals surface area contributed by atoms with E-state index >= 15 is 0 Å².